The van der Waals surface area contributed by atoms with Gasteiger partial charge in [-0.2, -0.15) is 0 Å². The molecule has 17 heavy (non-hydrogen) atoms. The lowest BCUT2D eigenvalue weighted by Crippen LogP contribution is -2.46. The molecular weight excluding hydrogens is 214 g/mol. The Bertz CT molecular complexity index is 199. The Morgan fingerprint density at radius 1 is 1.47 bits per heavy atom. The van der Waals surface area contributed by atoms with E-state index in [-0.39, 0.29) is 0 Å². The van der Waals surface area contributed by atoms with E-state index in [2.05, 4.69) is 43.1 Å². The molecule has 0 aromatic heterocycles. The first kappa shape index (κ1) is 14.9. The second-order valence-electron chi connectivity index (χ2n) is 5.62. The lowest BCUT2D eigenvalue weighted by atomic mass is 10.2. The summed E-state index contributed by atoms with van der Waals surface area (Å²) < 4.78 is 5.76. The van der Waals surface area contributed by atoms with Crippen molar-refractivity contribution in [1.29, 1.82) is 0 Å². The van der Waals surface area contributed by atoms with Crippen LogP contribution in [0.3, 0.4) is 0 Å². The first-order valence-corrected chi connectivity index (χ1v) is 6.77. The molecule has 0 aliphatic carbocycles. The lowest BCUT2D eigenvalue weighted by Gasteiger charge is -2.32. The molecule has 0 amide bonds. The van der Waals surface area contributed by atoms with Crippen molar-refractivity contribution < 1.29 is 4.74 Å². The molecule has 1 aliphatic heterocycles. The first-order chi connectivity index (χ1) is 8.08. The second kappa shape index (κ2) is 8.03. The van der Waals surface area contributed by atoms with Crippen LogP contribution in [0.15, 0.2) is 0 Å². The third-order valence-corrected chi connectivity index (χ3v) is 3.08. The fraction of sp³-hybridized carbons (Fsp3) is 1.00. The molecule has 0 aromatic rings. The minimum Gasteiger partial charge on any atom is -0.374 e. The van der Waals surface area contributed by atoms with Crippen molar-refractivity contribution in [2.24, 2.45) is 5.92 Å². The van der Waals surface area contributed by atoms with Crippen molar-refractivity contribution in [3.63, 3.8) is 0 Å². The highest BCUT2D eigenvalue weighted by Crippen LogP contribution is 2.03. The zero-order valence-corrected chi connectivity index (χ0v) is 11.9. The molecule has 1 heterocycles. The zero-order valence-electron chi connectivity index (χ0n) is 11.9. The summed E-state index contributed by atoms with van der Waals surface area (Å²) >= 11 is 0. The molecule has 4 nitrogen and oxygen atoms in total. The van der Waals surface area contributed by atoms with Crippen LogP contribution in [0.2, 0.25) is 0 Å². The molecule has 1 fully saturated rings. The van der Waals surface area contributed by atoms with Crippen molar-refractivity contribution in [3.8, 4) is 0 Å². The van der Waals surface area contributed by atoms with Crippen LogP contribution < -0.4 is 5.32 Å². The van der Waals surface area contributed by atoms with E-state index in [0.29, 0.717) is 6.10 Å². The third-order valence-electron chi connectivity index (χ3n) is 3.08. The van der Waals surface area contributed by atoms with Gasteiger partial charge in [0.05, 0.1) is 12.7 Å². The summed E-state index contributed by atoms with van der Waals surface area (Å²) in [4.78, 5) is 4.70. The summed E-state index contributed by atoms with van der Waals surface area (Å²) in [5.41, 5.74) is 0. The van der Waals surface area contributed by atoms with Crippen molar-refractivity contribution in [1.82, 2.24) is 15.1 Å². The van der Waals surface area contributed by atoms with Gasteiger partial charge < -0.3 is 19.9 Å². The van der Waals surface area contributed by atoms with Crippen LogP contribution in [0, 0.1) is 5.92 Å². The predicted octanol–water partition coefficient (Wildman–Crippen LogP) is 0.494. The van der Waals surface area contributed by atoms with Gasteiger partial charge in [-0.25, -0.2) is 0 Å². The van der Waals surface area contributed by atoms with Crippen molar-refractivity contribution in [2.45, 2.75) is 20.0 Å². The standard InChI is InChI=1S/C13H29N3O/c1-12(2)9-14-5-6-15(3)10-13-11-16(4)7-8-17-13/h12-14H,5-11H2,1-4H3. The van der Waals surface area contributed by atoms with Crippen molar-refractivity contribution in [3.05, 3.63) is 0 Å². The van der Waals surface area contributed by atoms with Gasteiger partial charge in [0.2, 0.25) is 0 Å². The maximum absolute atomic E-state index is 5.76. The van der Waals surface area contributed by atoms with Crippen LogP contribution >= 0.6 is 0 Å². The largest absolute Gasteiger partial charge is 0.374 e. The van der Waals surface area contributed by atoms with Gasteiger partial charge in [-0.05, 0) is 26.6 Å². The minimum atomic E-state index is 0.379. The molecule has 0 saturated carbocycles. The van der Waals surface area contributed by atoms with E-state index in [4.69, 9.17) is 4.74 Å². The Morgan fingerprint density at radius 2 is 2.24 bits per heavy atom. The summed E-state index contributed by atoms with van der Waals surface area (Å²) in [7, 11) is 4.34. The molecule has 1 rings (SSSR count). The van der Waals surface area contributed by atoms with Gasteiger partial charge in [-0.1, -0.05) is 13.8 Å². The molecule has 0 bridgehead atoms. The van der Waals surface area contributed by atoms with E-state index in [1.54, 1.807) is 0 Å². The monoisotopic (exact) mass is 243 g/mol. The van der Waals surface area contributed by atoms with Crippen LogP contribution in [-0.4, -0.2) is 75.9 Å². The average molecular weight is 243 g/mol. The Kier molecular flexibility index (Phi) is 7.04. The maximum atomic E-state index is 5.76. The molecule has 0 aromatic carbocycles. The minimum absolute atomic E-state index is 0.379. The smallest absolute Gasteiger partial charge is 0.0829 e. The fourth-order valence-corrected chi connectivity index (χ4v) is 2.08. The Morgan fingerprint density at radius 3 is 2.88 bits per heavy atom. The summed E-state index contributed by atoms with van der Waals surface area (Å²) in [6, 6.07) is 0. The van der Waals surface area contributed by atoms with Crippen molar-refractivity contribution >= 4 is 0 Å². The highest BCUT2D eigenvalue weighted by Gasteiger charge is 2.18. The van der Waals surface area contributed by atoms with Crippen molar-refractivity contribution in [2.75, 3.05) is 60.0 Å². The van der Waals surface area contributed by atoms with Gasteiger partial charge >= 0.3 is 0 Å². The third kappa shape index (κ3) is 6.99. The highest BCUT2D eigenvalue weighted by molar-refractivity contribution is 4.72. The molecule has 1 atom stereocenters. The van der Waals surface area contributed by atoms with Crippen LogP contribution in [0.4, 0.5) is 0 Å². The molecule has 1 aliphatic rings. The van der Waals surface area contributed by atoms with E-state index in [0.717, 1.165) is 51.8 Å². The van der Waals surface area contributed by atoms with Gasteiger partial charge in [-0.15, -0.1) is 0 Å². The molecule has 1 saturated heterocycles. The summed E-state index contributed by atoms with van der Waals surface area (Å²) in [6.45, 7) is 11.8. The second-order valence-corrected chi connectivity index (χ2v) is 5.62. The zero-order chi connectivity index (χ0) is 12.7. The van der Waals surface area contributed by atoms with E-state index >= 15 is 0 Å². The Hall–Kier alpha value is -0.160. The fourth-order valence-electron chi connectivity index (χ4n) is 2.08. The normalized spacial score (nSPS) is 22.6. The number of rotatable bonds is 7. The average Bonchev–Trinajstić information content (AvgIpc) is 2.24. The summed E-state index contributed by atoms with van der Waals surface area (Å²) in [5.74, 6) is 0.732. The van der Waals surface area contributed by atoms with E-state index in [1.807, 2.05) is 0 Å². The van der Waals surface area contributed by atoms with Gasteiger partial charge in [0.25, 0.3) is 0 Å². The number of hydrogen-bond donors (Lipinski definition) is 1. The van der Waals surface area contributed by atoms with Gasteiger partial charge in [0.15, 0.2) is 0 Å². The number of ether oxygens (including phenoxy) is 1. The first-order valence-electron chi connectivity index (χ1n) is 6.77. The lowest BCUT2D eigenvalue weighted by molar-refractivity contribution is -0.0323. The Balaban J connectivity index is 2.05. The topological polar surface area (TPSA) is 27.7 Å². The number of morpholine rings is 1. The van der Waals surface area contributed by atoms with Gasteiger partial charge in [0.1, 0.15) is 0 Å². The van der Waals surface area contributed by atoms with Gasteiger partial charge in [0, 0.05) is 32.7 Å². The van der Waals surface area contributed by atoms with Gasteiger partial charge in [-0.3, -0.25) is 0 Å². The molecular formula is C13H29N3O. The molecule has 1 unspecified atom stereocenters. The number of hydrogen-bond acceptors (Lipinski definition) is 4. The Labute approximate surface area is 106 Å². The molecule has 1 N–H and O–H groups in total. The summed E-state index contributed by atoms with van der Waals surface area (Å²) in [5, 5.41) is 3.47. The highest BCUT2D eigenvalue weighted by atomic mass is 16.5. The van der Waals surface area contributed by atoms with Crippen LogP contribution in [-0.2, 0) is 4.74 Å². The van der Waals surface area contributed by atoms with E-state index in [1.165, 1.54) is 0 Å². The molecule has 0 radical (unpaired) electrons. The number of likely N-dealkylation sites (N-methyl/N-ethyl adjacent to an activating group) is 2. The predicted molar refractivity (Wildman–Crippen MR) is 72.4 cm³/mol. The van der Waals surface area contributed by atoms with Crippen LogP contribution in [0.1, 0.15) is 13.8 Å². The maximum Gasteiger partial charge on any atom is 0.0829 e. The summed E-state index contributed by atoms with van der Waals surface area (Å²) in [6.07, 6.45) is 0.379. The van der Waals surface area contributed by atoms with E-state index in [9.17, 15) is 0 Å². The number of nitrogens with zero attached hydrogens (tertiary/aromatic N) is 2. The number of nitrogens with one attached hydrogen (secondary N) is 1. The van der Waals surface area contributed by atoms with E-state index < -0.39 is 0 Å². The van der Waals surface area contributed by atoms with Crippen LogP contribution in [0.5, 0.6) is 0 Å². The quantitative estimate of drug-likeness (QED) is 0.659. The molecule has 102 valence electrons. The van der Waals surface area contributed by atoms with Crippen LogP contribution in [0.25, 0.3) is 0 Å². The molecule has 4 heteroatoms. The molecule has 0 spiro atoms. The SMILES string of the molecule is CC(C)CNCCN(C)CC1CN(C)CCO1.